The quantitative estimate of drug-likeness (QED) is 0.274. The molecule has 0 radical (unpaired) electrons. The van der Waals surface area contributed by atoms with Crippen LogP contribution in [0.5, 0.6) is 0 Å². The molecule has 0 unspecified atom stereocenters. The standard InChI is InChI=1S/C25H28N4O3.C2H6.H2/c1-32-23(30)16-10-2-3-11-17-26-24(31)20-18-27-25(28-19-20)29(21-12-6-4-7-13-21)22-14-8-5-9-15-22;1-2;/h4-9,12-15,18-19H,2-3,10-11,16-17H2,1H3,(H,26,31);1-2H3;1H. The predicted molar refractivity (Wildman–Crippen MR) is 138 cm³/mol. The van der Waals surface area contributed by atoms with Crippen molar-refractivity contribution in [2.24, 2.45) is 0 Å². The number of carbonyl (C=O) groups is 2. The fraction of sp³-hybridized carbons (Fsp3) is 0.333. The lowest BCUT2D eigenvalue weighted by molar-refractivity contribution is -0.140. The van der Waals surface area contributed by atoms with Gasteiger partial charge >= 0.3 is 5.97 Å². The zero-order valence-electron chi connectivity index (χ0n) is 20.2. The van der Waals surface area contributed by atoms with Gasteiger partial charge in [0.2, 0.25) is 5.95 Å². The zero-order chi connectivity index (χ0) is 24.6. The number of nitrogens with zero attached hydrogens (tertiary/aromatic N) is 3. The first-order chi connectivity index (χ1) is 16.7. The molecule has 0 atom stereocenters. The highest BCUT2D eigenvalue weighted by Gasteiger charge is 2.15. The van der Waals surface area contributed by atoms with Crippen LogP contribution in [0.3, 0.4) is 0 Å². The fourth-order valence-electron chi connectivity index (χ4n) is 3.24. The molecule has 0 aliphatic rings. The maximum absolute atomic E-state index is 12.4. The maximum Gasteiger partial charge on any atom is 0.305 e. The predicted octanol–water partition coefficient (Wildman–Crippen LogP) is 6.07. The summed E-state index contributed by atoms with van der Waals surface area (Å²) in [5.74, 6) is 0.112. The van der Waals surface area contributed by atoms with Gasteiger partial charge in [-0.15, -0.1) is 0 Å². The minimum Gasteiger partial charge on any atom is -0.469 e. The van der Waals surface area contributed by atoms with E-state index in [1.165, 1.54) is 7.11 Å². The summed E-state index contributed by atoms with van der Waals surface area (Å²) < 4.78 is 4.62. The molecule has 3 rings (SSSR count). The van der Waals surface area contributed by atoms with Crippen molar-refractivity contribution in [1.29, 1.82) is 0 Å². The van der Waals surface area contributed by atoms with E-state index in [2.05, 4.69) is 20.0 Å². The van der Waals surface area contributed by atoms with Crippen molar-refractivity contribution >= 4 is 29.2 Å². The number of nitrogens with one attached hydrogen (secondary N) is 1. The molecule has 0 fully saturated rings. The minimum absolute atomic E-state index is 0. The van der Waals surface area contributed by atoms with Gasteiger partial charge in [0.05, 0.1) is 12.7 Å². The smallest absolute Gasteiger partial charge is 0.305 e. The van der Waals surface area contributed by atoms with Crippen LogP contribution < -0.4 is 10.2 Å². The number of hydrogen-bond donors (Lipinski definition) is 1. The summed E-state index contributed by atoms with van der Waals surface area (Å²) in [7, 11) is 1.40. The van der Waals surface area contributed by atoms with Gasteiger partial charge in [-0.25, -0.2) is 9.97 Å². The third-order valence-corrected chi connectivity index (χ3v) is 4.95. The molecular formula is C27H36N4O3. The number of rotatable bonds is 11. The third-order valence-electron chi connectivity index (χ3n) is 4.95. The second-order valence-electron chi connectivity index (χ2n) is 7.27. The molecule has 0 bridgehead atoms. The van der Waals surface area contributed by atoms with E-state index < -0.39 is 0 Å². The second-order valence-corrected chi connectivity index (χ2v) is 7.27. The van der Waals surface area contributed by atoms with Gasteiger partial charge in [0.1, 0.15) is 0 Å². The first-order valence-corrected chi connectivity index (χ1v) is 11.8. The van der Waals surface area contributed by atoms with E-state index in [0.717, 1.165) is 37.1 Å². The Bertz CT molecular complexity index is 947. The summed E-state index contributed by atoms with van der Waals surface area (Å²) in [6.07, 6.45) is 7.06. The highest BCUT2D eigenvalue weighted by Crippen LogP contribution is 2.31. The molecule has 34 heavy (non-hydrogen) atoms. The first kappa shape index (κ1) is 26.5. The number of ether oxygens (including phenoxy) is 1. The molecule has 7 nitrogen and oxygen atoms in total. The number of unbranched alkanes of at least 4 members (excludes halogenated alkanes) is 3. The number of esters is 1. The molecule has 7 heteroatoms. The summed E-state index contributed by atoms with van der Waals surface area (Å²) in [6, 6.07) is 19.7. The monoisotopic (exact) mass is 464 g/mol. The molecule has 2 aromatic carbocycles. The number of anilines is 3. The molecular weight excluding hydrogens is 428 g/mol. The molecule has 1 heterocycles. The number of aromatic nitrogens is 2. The summed E-state index contributed by atoms with van der Waals surface area (Å²) >= 11 is 0. The van der Waals surface area contributed by atoms with Crippen molar-refractivity contribution < 1.29 is 15.8 Å². The lowest BCUT2D eigenvalue weighted by Gasteiger charge is -2.22. The molecule has 3 aromatic rings. The molecule has 182 valence electrons. The Hall–Kier alpha value is -3.74. The Morgan fingerprint density at radius 1 is 0.853 bits per heavy atom. The number of benzene rings is 2. The van der Waals surface area contributed by atoms with Gasteiger partial charge in [-0.05, 0) is 37.1 Å². The second kappa shape index (κ2) is 15.2. The third kappa shape index (κ3) is 8.31. The topological polar surface area (TPSA) is 84.4 Å². The van der Waals surface area contributed by atoms with E-state index in [1.807, 2.05) is 79.4 Å². The van der Waals surface area contributed by atoms with Gasteiger partial charge < -0.3 is 10.1 Å². The Morgan fingerprint density at radius 2 is 1.38 bits per heavy atom. The van der Waals surface area contributed by atoms with Gasteiger partial charge in [-0.2, -0.15) is 0 Å². The van der Waals surface area contributed by atoms with E-state index in [9.17, 15) is 9.59 Å². The van der Waals surface area contributed by atoms with Crippen LogP contribution in [0.25, 0.3) is 0 Å². The summed E-state index contributed by atoms with van der Waals surface area (Å²) in [5.41, 5.74) is 2.28. The average Bonchev–Trinajstić information content (AvgIpc) is 2.91. The number of para-hydroxylation sites is 2. The number of amides is 1. The number of hydrogen-bond acceptors (Lipinski definition) is 6. The molecule has 1 amide bonds. The van der Waals surface area contributed by atoms with Gasteiger partial charge in [-0.3, -0.25) is 14.5 Å². The summed E-state index contributed by atoms with van der Waals surface area (Å²) in [4.78, 5) is 34.4. The van der Waals surface area contributed by atoms with Crippen molar-refractivity contribution in [1.82, 2.24) is 15.3 Å². The van der Waals surface area contributed by atoms with Crippen molar-refractivity contribution in [3.05, 3.63) is 78.6 Å². The Balaban J connectivity index is 0.00000199. The van der Waals surface area contributed by atoms with Crippen LogP contribution in [-0.4, -0.2) is 35.5 Å². The van der Waals surface area contributed by atoms with Crippen molar-refractivity contribution in [3.63, 3.8) is 0 Å². The normalized spacial score (nSPS) is 9.97. The largest absolute Gasteiger partial charge is 0.469 e. The van der Waals surface area contributed by atoms with Crippen LogP contribution in [0.15, 0.2) is 73.1 Å². The van der Waals surface area contributed by atoms with Crippen LogP contribution in [0.4, 0.5) is 17.3 Å². The summed E-state index contributed by atoms with van der Waals surface area (Å²) in [5, 5.41) is 2.90. The SMILES string of the molecule is CC.COC(=O)CCCCCCNC(=O)c1cnc(N(c2ccccc2)c2ccccc2)nc1.[HH]. The Kier molecular flexibility index (Phi) is 11.8. The van der Waals surface area contributed by atoms with Crippen LogP contribution >= 0.6 is 0 Å². The van der Waals surface area contributed by atoms with E-state index >= 15 is 0 Å². The maximum atomic E-state index is 12.4. The average molecular weight is 465 g/mol. The van der Waals surface area contributed by atoms with Gasteiger partial charge in [0, 0.05) is 38.2 Å². The van der Waals surface area contributed by atoms with Crippen LogP contribution in [0.1, 0.15) is 57.7 Å². The lowest BCUT2D eigenvalue weighted by Crippen LogP contribution is -2.25. The molecule has 1 N–H and O–H groups in total. The van der Waals surface area contributed by atoms with Crippen molar-refractivity contribution in [2.75, 3.05) is 18.6 Å². The minimum atomic E-state index is -0.197. The van der Waals surface area contributed by atoms with E-state index in [1.54, 1.807) is 12.4 Å². The fourth-order valence-corrected chi connectivity index (χ4v) is 3.24. The molecule has 0 saturated carbocycles. The van der Waals surface area contributed by atoms with E-state index in [4.69, 9.17) is 0 Å². The van der Waals surface area contributed by atoms with Crippen LogP contribution in [0, 0.1) is 0 Å². The molecule has 0 aliphatic heterocycles. The molecule has 0 aliphatic carbocycles. The van der Waals surface area contributed by atoms with E-state index in [-0.39, 0.29) is 13.3 Å². The highest BCUT2D eigenvalue weighted by molar-refractivity contribution is 5.93. The zero-order valence-corrected chi connectivity index (χ0v) is 20.2. The van der Waals surface area contributed by atoms with Gasteiger partial charge in [-0.1, -0.05) is 63.1 Å². The molecule has 0 spiro atoms. The Labute approximate surface area is 203 Å². The van der Waals surface area contributed by atoms with Gasteiger partial charge in [0.25, 0.3) is 5.91 Å². The first-order valence-electron chi connectivity index (χ1n) is 11.8. The van der Waals surface area contributed by atoms with Crippen LogP contribution in [-0.2, 0) is 9.53 Å². The number of carbonyl (C=O) groups excluding carboxylic acids is 2. The summed E-state index contributed by atoms with van der Waals surface area (Å²) in [6.45, 7) is 4.57. The van der Waals surface area contributed by atoms with E-state index in [0.29, 0.717) is 24.5 Å². The highest BCUT2D eigenvalue weighted by atomic mass is 16.5. The van der Waals surface area contributed by atoms with Crippen LogP contribution in [0.2, 0.25) is 0 Å². The Morgan fingerprint density at radius 3 is 1.91 bits per heavy atom. The van der Waals surface area contributed by atoms with Gasteiger partial charge in [0.15, 0.2) is 0 Å². The molecule has 1 aromatic heterocycles. The molecule has 0 saturated heterocycles. The van der Waals surface area contributed by atoms with Crippen molar-refractivity contribution in [3.8, 4) is 0 Å². The van der Waals surface area contributed by atoms with Crippen molar-refractivity contribution in [2.45, 2.75) is 46.0 Å². The number of methoxy groups -OCH3 is 1. The lowest BCUT2D eigenvalue weighted by atomic mass is 10.1.